The van der Waals surface area contributed by atoms with Crippen molar-refractivity contribution in [3.05, 3.63) is 81.7 Å². The third kappa shape index (κ3) is 5.90. The number of aromatic nitrogens is 2. The van der Waals surface area contributed by atoms with E-state index in [1.54, 1.807) is 38.6 Å². The number of nitrogens with zero attached hydrogens (tertiary/aromatic N) is 3. The summed E-state index contributed by atoms with van der Waals surface area (Å²) in [5, 5.41) is 9.81. The second kappa shape index (κ2) is 12.9. The molecule has 2 aliphatic rings. The third-order valence-corrected chi connectivity index (χ3v) is 7.84. The Balaban J connectivity index is 0.000000348. The van der Waals surface area contributed by atoms with E-state index in [2.05, 4.69) is 10.4 Å². The molecule has 0 radical (unpaired) electrons. The van der Waals surface area contributed by atoms with Gasteiger partial charge in [-0.05, 0) is 56.0 Å². The molecule has 2 atom stereocenters. The van der Waals surface area contributed by atoms with Crippen LogP contribution < -0.4 is 10.9 Å². The van der Waals surface area contributed by atoms with Crippen molar-refractivity contribution in [2.45, 2.75) is 37.8 Å². The maximum Gasteiger partial charge on any atom is 0.279 e. The number of benzene rings is 2. The van der Waals surface area contributed by atoms with Gasteiger partial charge in [-0.3, -0.25) is 9.59 Å². The van der Waals surface area contributed by atoms with Crippen molar-refractivity contribution in [1.82, 2.24) is 19.8 Å². The molecule has 2 aromatic carbocycles. The molecule has 2 aliphatic heterocycles. The van der Waals surface area contributed by atoms with Gasteiger partial charge in [0.1, 0.15) is 0 Å². The summed E-state index contributed by atoms with van der Waals surface area (Å²) in [6, 6.07) is 17.1. The zero-order chi connectivity index (χ0) is 28.1. The molecule has 9 heteroatoms. The van der Waals surface area contributed by atoms with Crippen LogP contribution in [0.1, 0.15) is 36.0 Å². The van der Waals surface area contributed by atoms with Crippen LogP contribution in [0.2, 0.25) is 5.02 Å². The topological polar surface area (TPSA) is 85.2 Å². The lowest BCUT2D eigenvalue weighted by Gasteiger charge is -2.25. The van der Waals surface area contributed by atoms with Gasteiger partial charge in [-0.1, -0.05) is 48.0 Å². The van der Waals surface area contributed by atoms with Crippen molar-refractivity contribution in [2.75, 3.05) is 40.5 Å². The number of hydrogen-bond donors (Lipinski definition) is 1. The van der Waals surface area contributed by atoms with Gasteiger partial charge in [0.2, 0.25) is 0 Å². The van der Waals surface area contributed by atoms with Crippen LogP contribution in [0.25, 0.3) is 27.4 Å². The molecule has 1 N–H and O–H groups in total. The summed E-state index contributed by atoms with van der Waals surface area (Å²) in [5.74, 6) is -0.131. The van der Waals surface area contributed by atoms with Crippen LogP contribution in [0.4, 0.5) is 0 Å². The van der Waals surface area contributed by atoms with Gasteiger partial charge in [-0.25, -0.2) is 0 Å². The first-order valence-electron chi connectivity index (χ1n) is 13.7. The van der Waals surface area contributed by atoms with Crippen LogP contribution in [0.15, 0.2) is 65.6 Å². The fourth-order valence-electron chi connectivity index (χ4n) is 5.65. The van der Waals surface area contributed by atoms with Crippen molar-refractivity contribution >= 4 is 33.8 Å². The SMILES string of the molecule is COC[C@H]1CCCN1.COC[C@H]1CCCN1C(=O)c1cc(-c2ccccc2)c(=O)n2ncc3ccc(Cl)cc3c12. The lowest BCUT2D eigenvalue weighted by atomic mass is 10.0. The number of carbonyl (C=O) groups is 1. The monoisotopic (exact) mass is 562 g/mol. The van der Waals surface area contributed by atoms with Gasteiger partial charge in [0.05, 0.1) is 36.5 Å². The number of amides is 1. The number of methoxy groups -OCH3 is 2. The number of ether oxygens (including phenoxy) is 2. The standard InChI is InChI=1S/C25H22ClN3O3.C6H13NO/c1-32-15-19-8-5-11-28(19)24(30)22-13-21(16-6-3-2-4-7-16)25(31)29-23(22)20-12-18(26)10-9-17(20)14-27-29;1-8-5-6-3-2-4-7-6/h2-4,6-7,9-10,12-14,19H,5,8,11,15H2,1H3;6-7H,2-5H2,1H3/t19-;6-/m11/s1. The largest absolute Gasteiger partial charge is 0.383 e. The van der Waals surface area contributed by atoms with Crippen molar-refractivity contribution in [3.8, 4) is 11.1 Å². The minimum Gasteiger partial charge on any atom is -0.383 e. The first-order valence-corrected chi connectivity index (χ1v) is 14.1. The van der Waals surface area contributed by atoms with Gasteiger partial charge in [0.25, 0.3) is 11.5 Å². The minimum absolute atomic E-state index is 0.00572. The molecule has 0 unspecified atom stereocenters. The number of pyridine rings is 1. The quantitative estimate of drug-likeness (QED) is 0.340. The van der Waals surface area contributed by atoms with Crippen molar-refractivity contribution in [2.24, 2.45) is 0 Å². The lowest BCUT2D eigenvalue weighted by Crippen LogP contribution is -2.39. The van der Waals surface area contributed by atoms with E-state index in [4.69, 9.17) is 21.1 Å². The molecule has 4 heterocycles. The van der Waals surface area contributed by atoms with Crippen LogP contribution in [-0.2, 0) is 9.47 Å². The number of fused-ring (bicyclic) bond motifs is 3. The molecule has 210 valence electrons. The molecule has 6 rings (SSSR count). The average Bonchev–Trinajstić information content (AvgIpc) is 3.66. The highest BCUT2D eigenvalue weighted by Gasteiger charge is 2.31. The summed E-state index contributed by atoms with van der Waals surface area (Å²) in [4.78, 5) is 29.2. The van der Waals surface area contributed by atoms with E-state index in [1.807, 2.05) is 41.3 Å². The van der Waals surface area contributed by atoms with Crippen LogP contribution in [0.3, 0.4) is 0 Å². The van der Waals surface area contributed by atoms with E-state index in [9.17, 15) is 9.59 Å². The molecule has 8 nitrogen and oxygen atoms in total. The summed E-state index contributed by atoms with van der Waals surface area (Å²) in [6.45, 7) is 3.18. The summed E-state index contributed by atoms with van der Waals surface area (Å²) in [7, 11) is 3.39. The highest BCUT2D eigenvalue weighted by atomic mass is 35.5. The molecule has 1 amide bonds. The molecule has 0 saturated carbocycles. The van der Waals surface area contributed by atoms with Crippen molar-refractivity contribution in [3.63, 3.8) is 0 Å². The Morgan fingerprint density at radius 3 is 2.58 bits per heavy atom. The predicted octanol–water partition coefficient (Wildman–Crippen LogP) is 4.80. The second-order valence-electron chi connectivity index (χ2n) is 10.3. The van der Waals surface area contributed by atoms with Gasteiger partial charge >= 0.3 is 0 Å². The lowest BCUT2D eigenvalue weighted by molar-refractivity contribution is 0.0632. The van der Waals surface area contributed by atoms with Crippen LogP contribution in [0.5, 0.6) is 0 Å². The molecule has 2 fully saturated rings. The van der Waals surface area contributed by atoms with Gasteiger partial charge in [-0.2, -0.15) is 9.61 Å². The van der Waals surface area contributed by atoms with Gasteiger partial charge < -0.3 is 19.7 Å². The number of rotatable bonds is 6. The fraction of sp³-hybridized carbons (Fsp3) is 0.387. The van der Waals surface area contributed by atoms with Crippen LogP contribution >= 0.6 is 11.6 Å². The smallest absolute Gasteiger partial charge is 0.279 e. The molecule has 4 aromatic rings. The van der Waals surface area contributed by atoms with E-state index < -0.39 is 0 Å². The number of nitrogens with one attached hydrogen (secondary N) is 1. The zero-order valence-corrected chi connectivity index (χ0v) is 23.7. The third-order valence-electron chi connectivity index (χ3n) is 7.60. The maximum absolute atomic E-state index is 13.9. The summed E-state index contributed by atoms with van der Waals surface area (Å²) in [6.07, 6.45) is 6.04. The van der Waals surface area contributed by atoms with Crippen LogP contribution in [-0.4, -0.2) is 73.0 Å². The van der Waals surface area contributed by atoms with E-state index in [-0.39, 0.29) is 17.5 Å². The summed E-state index contributed by atoms with van der Waals surface area (Å²) < 4.78 is 11.6. The maximum atomic E-state index is 13.9. The normalized spacial score (nSPS) is 18.7. The Labute approximate surface area is 238 Å². The molecular formula is C31H35ClN4O4. The Hall–Kier alpha value is -3.30. The number of likely N-dealkylation sites (tertiary alicyclic amines) is 1. The van der Waals surface area contributed by atoms with E-state index in [0.29, 0.717) is 40.9 Å². The van der Waals surface area contributed by atoms with Crippen LogP contribution in [0, 0.1) is 0 Å². The molecule has 2 saturated heterocycles. The molecule has 0 aliphatic carbocycles. The van der Waals surface area contributed by atoms with E-state index >= 15 is 0 Å². The molecule has 0 spiro atoms. The Morgan fingerprint density at radius 2 is 1.85 bits per heavy atom. The number of hydrogen-bond acceptors (Lipinski definition) is 6. The highest BCUT2D eigenvalue weighted by molar-refractivity contribution is 6.31. The number of carbonyl (C=O) groups excluding carboxylic acids is 1. The van der Waals surface area contributed by atoms with Gasteiger partial charge in [0.15, 0.2) is 0 Å². The van der Waals surface area contributed by atoms with E-state index in [1.165, 1.54) is 23.9 Å². The molecular weight excluding hydrogens is 528 g/mol. The molecule has 2 aromatic heterocycles. The minimum atomic E-state index is -0.278. The number of halogens is 1. The molecule has 40 heavy (non-hydrogen) atoms. The fourth-order valence-corrected chi connectivity index (χ4v) is 5.82. The Morgan fingerprint density at radius 1 is 1.05 bits per heavy atom. The van der Waals surface area contributed by atoms with Gasteiger partial charge in [-0.15, -0.1) is 0 Å². The predicted molar refractivity (Wildman–Crippen MR) is 158 cm³/mol. The Kier molecular flexibility index (Phi) is 9.11. The Bertz CT molecular complexity index is 1540. The summed E-state index contributed by atoms with van der Waals surface area (Å²) >= 11 is 6.29. The van der Waals surface area contributed by atoms with Gasteiger partial charge in [0, 0.05) is 48.2 Å². The first kappa shape index (κ1) is 28.2. The van der Waals surface area contributed by atoms with E-state index in [0.717, 1.165) is 35.8 Å². The zero-order valence-electron chi connectivity index (χ0n) is 22.9. The second-order valence-corrected chi connectivity index (χ2v) is 10.7. The van der Waals surface area contributed by atoms with Crippen molar-refractivity contribution in [1.29, 1.82) is 0 Å². The molecule has 0 bridgehead atoms. The highest BCUT2D eigenvalue weighted by Crippen LogP contribution is 2.29. The van der Waals surface area contributed by atoms with Crippen molar-refractivity contribution < 1.29 is 14.3 Å². The average molecular weight is 563 g/mol. The first-order chi connectivity index (χ1) is 19.5. The summed E-state index contributed by atoms with van der Waals surface area (Å²) in [5.41, 5.74) is 1.81.